The maximum Gasteiger partial charge on any atom is 0.272 e. The first kappa shape index (κ1) is 24.9. The number of ether oxygens (including phenoxy) is 1. The Balaban J connectivity index is 1.48. The first-order chi connectivity index (χ1) is 17.7. The summed E-state index contributed by atoms with van der Waals surface area (Å²) in [5, 5.41) is 10.5. The summed E-state index contributed by atoms with van der Waals surface area (Å²) < 4.78 is 20.0. The fourth-order valence-electron chi connectivity index (χ4n) is 3.80. The van der Waals surface area contributed by atoms with Gasteiger partial charge in [-0.3, -0.25) is 14.6 Å². The molecule has 0 saturated carbocycles. The average Bonchev–Trinajstić information content (AvgIpc) is 3.28. The van der Waals surface area contributed by atoms with Crippen LogP contribution in [0.25, 0.3) is 16.9 Å². The van der Waals surface area contributed by atoms with Gasteiger partial charge >= 0.3 is 0 Å². The highest BCUT2D eigenvalue weighted by molar-refractivity contribution is 6.38. The van der Waals surface area contributed by atoms with Crippen LogP contribution in [0.2, 0.25) is 10.0 Å². The van der Waals surface area contributed by atoms with Crippen LogP contribution in [0.4, 0.5) is 10.2 Å². The molecule has 2 aromatic heterocycles. The molecule has 8 nitrogen and oxygen atoms in total. The molecule has 1 saturated heterocycles. The van der Waals surface area contributed by atoms with Crippen molar-refractivity contribution in [3.8, 4) is 16.9 Å². The summed E-state index contributed by atoms with van der Waals surface area (Å²) in [4.78, 5) is 30.3. The number of amides is 2. The maximum absolute atomic E-state index is 13.4. The van der Waals surface area contributed by atoms with Gasteiger partial charge in [0.1, 0.15) is 11.6 Å². The fourth-order valence-corrected chi connectivity index (χ4v) is 4.37. The Hall–Kier alpha value is -3.79. The van der Waals surface area contributed by atoms with Gasteiger partial charge in [0.25, 0.3) is 11.8 Å². The second kappa shape index (κ2) is 9.93. The summed E-state index contributed by atoms with van der Waals surface area (Å²) in [7, 11) is 0. The van der Waals surface area contributed by atoms with Crippen LogP contribution in [0.5, 0.6) is 0 Å². The zero-order chi connectivity index (χ0) is 26.2. The third-order valence-corrected chi connectivity index (χ3v) is 6.37. The number of carbonyl (C=O) groups excluding carboxylic acids is 2. The molecule has 4 aromatic rings. The minimum atomic E-state index is -0.562. The highest BCUT2D eigenvalue weighted by Gasteiger charge is 2.35. The first-order valence-corrected chi connectivity index (χ1v) is 12.0. The highest BCUT2D eigenvalue weighted by Crippen LogP contribution is 2.33. The van der Waals surface area contributed by atoms with Crippen LogP contribution in [-0.2, 0) is 4.74 Å². The Labute approximate surface area is 221 Å². The second-order valence-electron chi connectivity index (χ2n) is 8.80. The van der Waals surface area contributed by atoms with Gasteiger partial charge in [-0.2, -0.15) is 5.10 Å². The van der Waals surface area contributed by atoms with Crippen LogP contribution >= 0.6 is 23.2 Å². The first-order valence-electron chi connectivity index (χ1n) is 11.2. The lowest BCUT2D eigenvalue weighted by Gasteiger charge is -2.38. The van der Waals surface area contributed by atoms with E-state index in [-0.39, 0.29) is 27.1 Å². The lowest BCUT2D eigenvalue weighted by Crippen LogP contribution is -2.59. The lowest BCUT2D eigenvalue weighted by atomic mass is 10.0. The zero-order valence-electron chi connectivity index (χ0n) is 19.5. The summed E-state index contributed by atoms with van der Waals surface area (Å²) in [5.74, 6) is -1.21. The molecule has 0 spiro atoms. The molecule has 0 aliphatic carbocycles. The van der Waals surface area contributed by atoms with E-state index in [1.54, 1.807) is 12.1 Å². The molecule has 3 heterocycles. The molecule has 37 heavy (non-hydrogen) atoms. The third-order valence-electron chi connectivity index (χ3n) is 5.75. The molecule has 1 aliphatic heterocycles. The number of anilines is 1. The minimum Gasteiger partial charge on any atom is -0.376 e. The molecule has 2 amide bonds. The molecule has 0 unspecified atom stereocenters. The monoisotopic (exact) mass is 539 g/mol. The largest absolute Gasteiger partial charge is 0.376 e. The number of benzene rings is 2. The van der Waals surface area contributed by atoms with Crippen molar-refractivity contribution in [3.05, 3.63) is 94.0 Å². The quantitative estimate of drug-likeness (QED) is 0.353. The molecule has 5 rings (SSSR count). The summed E-state index contributed by atoms with van der Waals surface area (Å²) in [6, 6.07) is 16.1. The van der Waals surface area contributed by atoms with Gasteiger partial charge in [-0.15, -0.1) is 0 Å². The van der Waals surface area contributed by atoms with E-state index in [1.807, 2.05) is 25.1 Å². The molecule has 2 aromatic carbocycles. The van der Waals surface area contributed by atoms with E-state index in [9.17, 15) is 14.0 Å². The van der Waals surface area contributed by atoms with Gasteiger partial charge in [-0.25, -0.2) is 9.07 Å². The van der Waals surface area contributed by atoms with Crippen LogP contribution in [0.15, 0.2) is 66.9 Å². The van der Waals surface area contributed by atoms with E-state index in [2.05, 4.69) is 20.7 Å². The number of halogens is 3. The van der Waals surface area contributed by atoms with Crippen molar-refractivity contribution >= 4 is 40.8 Å². The Morgan fingerprint density at radius 2 is 1.78 bits per heavy atom. The number of pyridine rings is 1. The Bertz CT molecular complexity index is 1490. The van der Waals surface area contributed by atoms with Crippen LogP contribution in [0.3, 0.4) is 0 Å². The highest BCUT2D eigenvalue weighted by atomic mass is 35.5. The molecule has 0 radical (unpaired) electrons. The van der Waals surface area contributed by atoms with Crippen LogP contribution in [-0.4, -0.2) is 45.3 Å². The summed E-state index contributed by atoms with van der Waals surface area (Å²) >= 11 is 12.7. The van der Waals surface area contributed by atoms with Crippen molar-refractivity contribution in [2.45, 2.75) is 12.5 Å². The van der Waals surface area contributed by atoms with E-state index in [0.717, 1.165) is 6.20 Å². The van der Waals surface area contributed by atoms with Gasteiger partial charge < -0.3 is 15.4 Å². The van der Waals surface area contributed by atoms with Crippen molar-refractivity contribution in [1.82, 2.24) is 20.1 Å². The molecular weight excluding hydrogens is 520 g/mol. The predicted molar refractivity (Wildman–Crippen MR) is 138 cm³/mol. The molecular formula is C26H20Cl2FN5O3. The number of aromatic nitrogens is 3. The van der Waals surface area contributed by atoms with Crippen LogP contribution < -0.4 is 10.6 Å². The molecule has 2 N–H and O–H groups in total. The van der Waals surface area contributed by atoms with E-state index < -0.39 is 23.2 Å². The average molecular weight is 540 g/mol. The number of rotatable bonds is 6. The molecule has 0 atom stereocenters. The van der Waals surface area contributed by atoms with Gasteiger partial charge in [0.05, 0.1) is 51.9 Å². The number of carbonyl (C=O) groups is 2. The normalized spacial score (nSPS) is 14.1. The van der Waals surface area contributed by atoms with Gasteiger partial charge in [-0.1, -0.05) is 41.4 Å². The van der Waals surface area contributed by atoms with Gasteiger partial charge in [0.15, 0.2) is 5.69 Å². The van der Waals surface area contributed by atoms with Crippen molar-refractivity contribution in [2.75, 3.05) is 18.5 Å². The zero-order valence-corrected chi connectivity index (χ0v) is 21.0. The lowest BCUT2D eigenvalue weighted by molar-refractivity contribution is -0.0594. The van der Waals surface area contributed by atoms with E-state index in [0.29, 0.717) is 30.2 Å². The van der Waals surface area contributed by atoms with Gasteiger partial charge in [-0.05, 0) is 43.3 Å². The summed E-state index contributed by atoms with van der Waals surface area (Å²) in [6.07, 6.45) is 1.06. The Kier molecular flexibility index (Phi) is 6.68. The molecule has 11 heteroatoms. The predicted octanol–water partition coefficient (Wildman–Crippen LogP) is 5.15. The second-order valence-corrected chi connectivity index (χ2v) is 9.61. The van der Waals surface area contributed by atoms with Crippen molar-refractivity contribution in [3.63, 3.8) is 0 Å². The van der Waals surface area contributed by atoms with Gasteiger partial charge in [0.2, 0.25) is 0 Å². The number of nitrogens with one attached hydrogen (secondary N) is 2. The number of nitrogens with zero attached hydrogens (tertiary/aromatic N) is 3. The summed E-state index contributed by atoms with van der Waals surface area (Å²) in [5.41, 5.74) is 1.17. The number of hydrogen-bond donors (Lipinski definition) is 2. The fraction of sp³-hybridized carbons (Fsp3) is 0.154. The number of hydrogen-bond acceptors (Lipinski definition) is 5. The third kappa shape index (κ3) is 5.20. The standard InChI is InChI=1S/C26H20Cl2FN5O3/c1-26(13-37-14-26)32-25(36)22-11-23(34(33-22)16-5-3-2-4-6-16)31-24(35)18-9-17(19(27)10-20(18)28)21-8-7-15(29)12-30-21/h2-12H,13-14H2,1H3,(H,31,35)(H,32,36). The summed E-state index contributed by atoms with van der Waals surface area (Å²) in [6.45, 7) is 2.69. The number of para-hydroxylation sites is 1. The maximum atomic E-state index is 13.4. The molecule has 0 bridgehead atoms. The Morgan fingerprint density at radius 3 is 2.43 bits per heavy atom. The topological polar surface area (TPSA) is 98.1 Å². The van der Waals surface area contributed by atoms with Crippen molar-refractivity contribution in [2.24, 2.45) is 0 Å². The van der Waals surface area contributed by atoms with Crippen LogP contribution in [0, 0.1) is 5.82 Å². The SMILES string of the molecule is CC1(NC(=O)c2cc(NC(=O)c3cc(-c4ccc(F)cn4)c(Cl)cc3Cl)n(-c3ccccc3)n2)COC1. The molecule has 188 valence electrons. The van der Waals surface area contributed by atoms with E-state index in [4.69, 9.17) is 27.9 Å². The van der Waals surface area contributed by atoms with Crippen molar-refractivity contribution in [1.29, 1.82) is 0 Å². The van der Waals surface area contributed by atoms with E-state index >= 15 is 0 Å². The van der Waals surface area contributed by atoms with Crippen molar-refractivity contribution < 1.29 is 18.7 Å². The minimum absolute atomic E-state index is 0.106. The molecule has 1 fully saturated rings. The Morgan fingerprint density at radius 1 is 1.03 bits per heavy atom. The van der Waals surface area contributed by atoms with E-state index in [1.165, 1.54) is 35.0 Å². The van der Waals surface area contributed by atoms with Crippen LogP contribution in [0.1, 0.15) is 27.8 Å². The smallest absolute Gasteiger partial charge is 0.272 e. The molecule has 1 aliphatic rings. The van der Waals surface area contributed by atoms with Gasteiger partial charge in [0, 0.05) is 11.6 Å².